The highest BCUT2D eigenvalue weighted by atomic mass is 16.8. The van der Waals surface area contributed by atoms with Gasteiger partial charge in [-0.3, -0.25) is 19.9 Å². The number of carbonyl (C=O) groups excluding carboxylic acids is 2. The van der Waals surface area contributed by atoms with Gasteiger partial charge >= 0.3 is 11.9 Å². The van der Waals surface area contributed by atoms with Crippen LogP contribution in [0.3, 0.4) is 0 Å². The van der Waals surface area contributed by atoms with Crippen LogP contribution in [0.1, 0.15) is 41.5 Å². The van der Waals surface area contributed by atoms with E-state index in [1.165, 1.54) is 70.1 Å². The van der Waals surface area contributed by atoms with E-state index < -0.39 is 54.5 Å². The summed E-state index contributed by atoms with van der Waals surface area (Å²) in [5, 5.41) is 12.3. The molecule has 5 heterocycles. The second-order valence-electron chi connectivity index (χ2n) is 11.0. The zero-order valence-electron chi connectivity index (χ0n) is 26.0. The van der Waals surface area contributed by atoms with Crippen molar-refractivity contribution < 1.29 is 47.9 Å². The minimum atomic E-state index is -2.34. The number of esters is 2. The van der Waals surface area contributed by atoms with E-state index in [4.69, 9.17) is 33.2 Å². The molecule has 4 aromatic rings. The second kappa shape index (κ2) is 14.2. The summed E-state index contributed by atoms with van der Waals surface area (Å²) in [5.41, 5.74) is -5.27. The number of carbonyl (C=O) groups is 2. The first kappa shape index (κ1) is 33.3. The number of rotatable bonds is 14. The minimum absolute atomic E-state index is 0.119. The first-order chi connectivity index (χ1) is 22.6. The van der Waals surface area contributed by atoms with Crippen LogP contribution in [0.25, 0.3) is 0 Å². The molecule has 1 saturated heterocycles. The van der Waals surface area contributed by atoms with Gasteiger partial charge in [0.2, 0.25) is 5.79 Å². The highest BCUT2D eigenvalue weighted by Gasteiger charge is 2.78. The van der Waals surface area contributed by atoms with E-state index in [1.54, 1.807) is 48.8 Å². The van der Waals surface area contributed by atoms with Crippen molar-refractivity contribution in [2.45, 2.75) is 43.4 Å². The van der Waals surface area contributed by atoms with E-state index in [1.807, 2.05) is 0 Å². The van der Waals surface area contributed by atoms with Gasteiger partial charge < -0.3 is 38.3 Å². The molecule has 5 rings (SSSR count). The minimum Gasteiger partial charge on any atom is -0.466 e. The highest BCUT2D eigenvalue weighted by Crippen LogP contribution is 2.56. The van der Waals surface area contributed by atoms with Crippen LogP contribution < -0.4 is 9.47 Å². The summed E-state index contributed by atoms with van der Waals surface area (Å²) in [4.78, 5) is 42.6. The largest absolute Gasteiger partial charge is 0.466 e. The Hall–Kier alpha value is -5.02. The molecule has 0 spiro atoms. The molecule has 4 aromatic heterocycles. The molecular formula is C33H34N4O10. The van der Waals surface area contributed by atoms with E-state index in [0.717, 1.165) is 0 Å². The third-order valence-corrected chi connectivity index (χ3v) is 8.08. The maximum Gasteiger partial charge on any atom is 0.340 e. The summed E-state index contributed by atoms with van der Waals surface area (Å²) in [6.07, 6.45) is 11.8. The number of aliphatic hydroxyl groups is 1. The van der Waals surface area contributed by atoms with E-state index in [-0.39, 0.29) is 17.9 Å². The van der Waals surface area contributed by atoms with Gasteiger partial charge in [-0.2, -0.15) is 0 Å². The maximum atomic E-state index is 13.6. The summed E-state index contributed by atoms with van der Waals surface area (Å²) >= 11 is 0. The van der Waals surface area contributed by atoms with Crippen LogP contribution in [0, 0.1) is 0 Å². The summed E-state index contributed by atoms with van der Waals surface area (Å²) in [6.45, 7) is 2.73. The molecule has 14 heteroatoms. The van der Waals surface area contributed by atoms with Gasteiger partial charge in [0.1, 0.15) is 30.3 Å². The molecule has 0 aliphatic carbocycles. The molecule has 0 unspecified atom stereocenters. The molecule has 246 valence electrons. The molecule has 0 saturated carbocycles. The molecule has 0 aromatic carbocycles. The summed E-state index contributed by atoms with van der Waals surface area (Å²) in [6, 6.07) is 12.9. The molecule has 1 aliphatic rings. The first-order valence-corrected chi connectivity index (χ1v) is 14.5. The lowest BCUT2D eigenvalue weighted by Crippen LogP contribution is -2.67. The number of hydrogen-bond acceptors (Lipinski definition) is 14. The molecule has 14 nitrogen and oxygen atoms in total. The lowest BCUT2D eigenvalue weighted by atomic mass is 9.73. The fourth-order valence-corrected chi connectivity index (χ4v) is 5.10. The van der Waals surface area contributed by atoms with Gasteiger partial charge in [-0.25, -0.2) is 9.59 Å². The predicted octanol–water partition coefficient (Wildman–Crippen LogP) is 3.38. The average Bonchev–Trinajstić information content (AvgIpc) is 3.22. The van der Waals surface area contributed by atoms with Gasteiger partial charge in [0.05, 0.1) is 23.5 Å². The molecule has 0 radical (unpaired) electrons. The molecule has 4 atom stereocenters. The van der Waals surface area contributed by atoms with Crippen molar-refractivity contribution in [2.75, 3.05) is 26.8 Å². The van der Waals surface area contributed by atoms with Crippen molar-refractivity contribution in [3.05, 3.63) is 109 Å². The van der Waals surface area contributed by atoms with Crippen molar-refractivity contribution in [3.63, 3.8) is 0 Å². The van der Waals surface area contributed by atoms with Crippen LogP contribution in [-0.2, 0) is 23.7 Å². The molecule has 1 N–H and O–H groups in total. The lowest BCUT2D eigenvalue weighted by molar-refractivity contribution is -0.317. The number of hydrogen-bond donors (Lipinski definition) is 1. The third kappa shape index (κ3) is 7.05. The van der Waals surface area contributed by atoms with Crippen molar-refractivity contribution >= 4 is 11.9 Å². The fraction of sp³-hybridized carbons (Fsp3) is 0.333. The summed E-state index contributed by atoms with van der Waals surface area (Å²) in [5.74, 6) is -3.06. The Morgan fingerprint density at radius 2 is 1.23 bits per heavy atom. The van der Waals surface area contributed by atoms with Crippen molar-refractivity contribution in [3.8, 4) is 11.5 Å². The number of nitrogens with zero attached hydrogens (tertiary/aromatic N) is 4. The number of pyridine rings is 4. The van der Waals surface area contributed by atoms with Gasteiger partial charge in [0.25, 0.3) is 0 Å². The third-order valence-electron chi connectivity index (χ3n) is 8.08. The van der Waals surface area contributed by atoms with Crippen LogP contribution >= 0.6 is 0 Å². The Bertz CT molecular complexity index is 1620. The van der Waals surface area contributed by atoms with Gasteiger partial charge in [0.15, 0.2) is 24.8 Å². The average molecular weight is 647 g/mol. The standard InChI is InChI=1S/C33H34N4O10/c1-30(20-42-28(38)24-8-4-12-34-16-24)31(2,46-29(39)25-9-5-13-35-17-25)32(3,45-23-44-27-11-7-15-37-19-27)33(40,47-30)21-41-22-43-26-10-6-14-36-18-26/h4-19,40H,20-23H2,1-3H3/t30-,31-,32-,33-/m1/s1. The molecule has 1 aliphatic heterocycles. The Labute approximate surface area is 270 Å². The number of aromatic nitrogens is 4. The quantitative estimate of drug-likeness (QED) is 0.120. The molecule has 0 amide bonds. The molecule has 1 fully saturated rings. The lowest BCUT2D eigenvalue weighted by Gasteiger charge is -2.46. The van der Waals surface area contributed by atoms with E-state index in [2.05, 4.69) is 19.9 Å². The van der Waals surface area contributed by atoms with E-state index >= 15 is 0 Å². The number of ether oxygens (including phenoxy) is 7. The van der Waals surface area contributed by atoms with E-state index in [0.29, 0.717) is 11.5 Å². The summed E-state index contributed by atoms with van der Waals surface area (Å²) in [7, 11) is 0. The molecule has 47 heavy (non-hydrogen) atoms. The normalized spacial score (nSPS) is 25.1. The van der Waals surface area contributed by atoms with Crippen LogP contribution in [-0.4, -0.2) is 86.4 Å². The predicted molar refractivity (Wildman–Crippen MR) is 162 cm³/mol. The van der Waals surface area contributed by atoms with Gasteiger partial charge in [-0.1, -0.05) is 0 Å². The smallest absolute Gasteiger partial charge is 0.340 e. The van der Waals surface area contributed by atoms with Crippen molar-refractivity contribution in [1.82, 2.24) is 19.9 Å². The highest BCUT2D eigenvalue weighted by molar-refractivity contribution is 5.90. The van der Waals surface area contributed by atoms with Crippen LogP contribution in [0.15, 0.2) is 98.1 Å². The monoisotopic (exact) mass is 646 g/mol. The van der Waals surface area contributed by atoms with Gasteiger partial charge in [0, 0.05) is 37.2 Å². The van der Waals surface area contributed by atoms with Crippen molar-refractivity contribution in [2.24, 2.45) is 0 Å². The Kier molecular flexibility index (Phi) is 10.1. The van der Waals surface area contributed by atoms with E-state index in [9.17, 15) is 14.7 Å². The Morgan fingerprint density at radius 1 is 0.702 bits per heavy atom. The first-order valence-electron chi connectivity index (χ1n) is 14.5. The maximum absolute atomic E-state index is 13.6. The van der Waals surface area contributed by atoms with Crippen LogP contribution in [0.2, 0.25) is 0 Å². The zero-order chi connectivity index (χ0) is 33.4. The van der Waals surface area contributed by atoms with Crippen molar-refractivity contribution in [1.29, 1.82) is 0 Å². The second-order valence-corrected chi connectivity index (χ2v) is 11.0. The summed E-state index contributed by atoms with van der Waals surface area (Å²) < 4.78 is 41.5. The Balaban J connectivity index is 1.47. The topological polar surface area (TPSA) is 171 Å². The molecular weight excluding hydrogens is 612 g/mol. The fourth-order valence-electron chi connectivity index (χ4n) is 5.10. The van der Waals surface area contributed by atoms with Crippen LogP contribution in [0.4, 0.5) is 0 Å². The van der Waals surface area contributed by atoms with Crippen LogP contribution in [0.5, 0.6) is 11.5 Å². The SMILES string of the molecule is C[C@]1(OC(=O)c2cccnc2)[C@@](C)(OCOc2cccnc2)[C@@](O)(COCOc2cccnc2)O[C@]1(C)COC(=O)c1cccnc1. The zero-order valence-corrected chi connectivity index (χ0v) is 26.0. The van der Waals surface area contributed by atoms with Gasteiger partial charge in [-0.05, 0) is 69.3 Å². The molecule has 0 bridgehead atoms. The Morgan fingerprint density at radius 3 is 1.77 bits per heavy atom. The van der Waals surface area contributed by atoms with Gasteiger partial charge in [-0.15, -0.1) is 0 Å².